The first-order valence-electron chi connectivity index (χ1n) is 8.39. The number of nitrogens with zero attached hydrogens (tertiary/aromatic N) is 1. The van der Waals surface area contributed by atoms with Crippen LogP contribution in [0, 0.1) is 5.92 Å². The van der Waals surface area contributed by atoms with E-state index in [0.717, 1.165) is 25.9 Å². The molecular weight excluding hydrogens is 328 g/mol. The van der Waals surface area contributed by atoms with Crippen LogP contribution < -0.4 is 5.32 Å². The lowest BCUT2D eigenvalue weighted by Crippen LogP contribution is -2.40. The minimum atomic E-state index is -1.11. The van der Waals surface area contributed by atoms with Gasteiger partial charge in [-0.3, -0.25) is 4.79 Å². The fraction of sp³-hybridized carbons (Fsp3) is 0.556. The van der Waals surface area contributed by atoms with Gasteiger partial charge in [0.1, 0.15) is 0 Å². The maximum absolute atomic E-state index is 12.3. The third-order valence-corrected chi connectivity index (χ3v) is 4.97. The van der Waals surface area contributed by atoms with Crippen molar-refractivity contribution >= 4 is 23.5 Å². The third-order valence-electron chi connectivity index (χ3n) is 4.62. The zero-order valence-electron chi connectivity index (χ0n) is 14.2. The molecule has 1 aliphatic rings. The second-order valence-electron chi connectivity index (χ2n) is 6.64. The molecule has 1 aromatic rings. The molecule has 1 aliphatic heterocycles. The van der Waals surface area contributed by atoms with Gasteiger partial charge >= 0.3 is 5.97 Å². The summed E-state index contributed by atoms with van der Waals surface area (Å²) in [5, 5.41) is 12.4. The van der Waals surface area contributed by atoms with Crippen LogP contribution in [0.1, 0.15) is 44.7 Å². The van der Waals surface area contributed by atoms with Gasteiger partial charge in [0.2, 0.25) is 5.91 Å². The van der Waals surface area contributed by atoms with E-state index in [9.17, 15) is 14.7 Å². The molecule has 1 unspecified atom stereocenters. The summed E-state index contributed by atoms with van der Waals surface area (Å²) in [5.74, 6) is -1.03. The second-order valence-corrected chi connectivity index (χ2v) is 7.04. The Morgan fingerprint density at radius 2 is 1.92 bits per heavy atom. The molecule has 6 heteroatoms. The first-order chi connectivity index (χ1) is 11.4. The topological polar surface area (TPSA) is 69.6 Å². The van der Waals surface area contributed by atoms with E-state index in [2.05, 4.69) is 24.1 Å². The summed E-state index contributed by atoms with van der Waals surface area (Å²) < 4.78 is 0. The summed E-state index contributed by atoms with van der Waals surface area (Å²) >= 11 is 6.06. The Morgan fingerprint density at radius 1 is 1.29 bits per heavy atom. The van der Waals surface area contributed by atoms with Crippen molar-refractivity contribution in [2.24, 2.45) is 5.92 Å². The maximum atomic E-state index is 12.3. The van der Waals surface area contributed by atoms with E-state index in [1.54, 1.807) is 24.3 Å². The van der Waals surface area contributed by atoms with Crippen LogP contribution in [0.2, 0.25) is 5.02 Å². The first kappa shape index (κ1) is 18.7. The van der Waals surface area contributed by atoms with Gasteiger partial charge in [-0.1, -0.05) is 29.8 Å². The Hall–Kier alpha value is -1.59. The number of carboxylic acid groups (broad SMARTS) is 1. The monoisotopic (exact) mass is 352 g/mol. The zero-order valence-corrected chi connectivity index (χ0v) is 14.9. The number of benzene rings is 1. The lowest BCUT2D eigenvalue weighted by Gasteiger charge is -2.34. The normalized spacial score (nSPS) is 17.7. The fourth-order valence-electron chi connectivity index (χ4n) is 3.14. The molecule has 1 fully saturated rings. The number of hydrogen-bond acceptors (Lipinski definition) is 3. The van der Waals surface area contributed by atoms with Crippen molar-refractivity contribution in [3.63, 3.8) is 0 Å². The van der Waals surface area contributed by atoms with Gasteiger partial charge in [-0.25, -0.2) is 4.79 Å². The smallest absolute Gasteiger partial charge is 0.330 e. The quantitative estimate of drug-likeness (QED) is 0.825. The molecule has 2 rings (SSSR count). The lowest BCUT2D eigenvalue weighted by molar-refractivity contribution is -0.142. The van der Waals surface area contributed by atoms with Gasteiger partial charge in [0, 0.05) is 23.0 Å². The number of carbonyl (C=O) groups is 2. The van der Waals surface area contributed by atoms with E-state index in [0.29, 0.717) is 29.0 Å². The summed E-state index contributed by atoms with van der Waals surface area (Å²) in [4.78, 5) is 26.2. The van der Waals surface area contributed by atoms with Crippen molar-refractivity contribution in [2.45, 2.75) is 45.2 Å². The summed E-state index contributed by atoms with van der Waals surface area (Å²) in [7, 11) is 0. The van der Waals surface area contributed by atoms with Crippen LogP contribution in [0.15, 0.2) is 24.3 Å². The van der Waals surface area contributed by atoms with Crippen molar-refractivity contribution in [1.82, 2.24) is 10.2 Å². The van der Waals surface area contributed by atoms with Crippen molar-refractivity contribution in [2.75, 3.05) is 13.1 Å². The van der Waals surface area contributed by atoms with E-state index in [4.69, 9.17) is 11.6 Å². The number of carboxylic acids is 1. The number of carbonyl (C=O) groups excluding carboxylic acids is 1. The number of nitrogens with one attached hydrogen (secondary N) is 1. The Bertz CT molecular complexity index is 583. The molecule has 0 aromatic heterocycles. The molecule has 0 radical (unpaired) electrons. The van der Waals surface area contributed by atoms with Gasteiger partial charge in [-0.15, -0.1) is 0 Å². The maximum Gasteiger partial charge on any atom is 0.330 e. The standard InChI is InChI=1S/C18H25ClN2O3/c1-12(2)21-9-7-13(8-10-21)11-16(22)20-17(18(23)24)14-5-3-4-6-15(14)19/h3-6,12-13,17H,7-11H2,1-2H3,(H,20,22)(H,23,24). The van der Waals surface area contributed by atoms with Gasteiger partial charge in [-0.05, 0) is 51.8 Å². The Morgan fingerprint density at radius 3 is 2.46 bits per heavy atom. The van der Waals surface area contributed by atoms with Crippen molar-refractivity contribution in [1.29, 1.82) is 0 Å². The van der Waals surface area contributed by atoms with Crippen LogP contribution >= 0.6 is 11.6 Å². The fourth-order valence-corrected chi connectivity index (χ4v) is 3.38. The molecule has 132 valence electrons. The van der Waals surface area contributed by atoms with Crippen molar-refractivity contribution < 1.29 is 14.7 Å². The third kappa shape index (κ3) is 4.95. The number of likely N-dealkylation sites (tertiary alicyclic amines) is 1. The molecule has 1 heterocycles. The molecule has 24 heavy (non-hydrogen) atoms. The Labute approximate surface area is 148 Å². The molecule has 0 bridgehead atoms. The molecule has 1 atom stereocenters. The average Bonchev–Trinajstić information content (AvgIpc) is 2.53. The van der Waals surface area contributed by atoms with Crippen LogP contribution in [0.25, 0.3) is 0 Å². The van der Waals surface area contributed by atoms with E-state index in [1.165, 1.54) is 0 Å². The number of rotatable bonds is 6. The molecular formula is C18H25ClN2O3. The van der Waals surface area contributed by atoms with E-state index in [1.807, 2.05) is 0 Å². The lowest BCUT2D eigenvalue weighted by atomic mass is 9.92. The highest BCUT2D eigenvalue weighted by atomic mass is 35.5. The Kier molecular flexibility index (Phi) is 6.63. The van der Waals surface area contributed by atoms with Gasteiger partial charge in [-0.2, -0.15) is 0 Å². The van der Waals surface area contributed by atoms with Gasteiger partial charge < -0.3 is 15.3 Å². The van der Waals surface area contributed by atoms with E-state index in [-0.39, 0.29) is 5.91 Å². The van der Waals surface area contributed by atoms with Crippen LogP contribution in [0.5, 0.6) is 0 Å². The predicted molar refractivity (Wildman–Crippen MR) is 94.0 cm³/mol. The molecule has 1 saturated heterocycles. The number of hydrogen-bond donors (Lipinski definition) is 2. The molecule has 2 N–H and O–H groups in total. The summed E-state index contributed by atoms with van der Waals surface area (Å²) in [5.41, 5.74) is 0.412. The highest BCUT2D eigenvalue weighted by molar-refractivity contribution is 6.31. The molecule has 0 saturated carbocycles. The molecule has 0 spiro atoms. The van der Waals surface area contributed by atoms with E-state index < -0.39 is 12.0 Å². The summed E-state index contributed by atoms with van der Waals surface area (Å²) in [6.07, 6.45) is 2.30. The highest BCUT2D eigenvalue weighted by Crippen LogP contribution is 2.25. The SMILES string of the molecule is CC(C)N1CCC(CC(=O)NC(C(=O)O)c2ccccc2Cl)CC1. The summed E-state index contributed by atoms with van der Waals surface area (Å²) in [6.45, 7) is 6.33. The highest BCUT2D eigenvalue weighted by Gasteiger charge is 2.27. The predicted octanol–water partition coefficient (Wildman–Crippen LogP) is 3.09. The Balaban J connectivity index is 1.93. The second kappa shape index (κ2) is 8.49. The van der Waals surface area contributed by atoms with Crippen molar-refractivity contribution in [3.8, 4) is 0 Å². The van der Waals surface area contributed by atoms with Gasteiger partial charge in [0.05, 0.1) is 0 Å². The molecule has 1 amide bonds. The molecule has 0 aliphatic carbocycles. The largest absolute Gasteiger partial charge is 0.479 e. The minimum absolute atomic E-state index is 0.231. The summed E-state index contributed by atoms with van der Waals surface area (Å²) in [6, 6.07) is 6.11. The number of amides is 1. The van der Waals surface area contributed by atoms with Crippen LogP contribution in [0.4, 0.5) is 0 Å². The number of aliphatic carboxylic acids is 1. The first-order valence-corrected chi connectivity index (χ1v) is 8.77. The molecule has 5 nitrogen and oxygen atoms in total. The van der Waals surface area contributed by atoms with Crippen molar-refractivity contribution in [3.05, 3.63) is 34.9 Å². The van der Waals surface area contributed by atoms with Crippen LogP contribution in [-0.4, -0.2) is 41.0 Å². The average molecular weight is 353 g/mol. The molecule has 1 aromatic carbocycles. The zero-order chi connectivity index (χ0) is 17.7. The van der Waals surface area contributed by atoms with Gasteiger partial charge in [0.15, 0.2) is 6.04 Å². The number of piperidine rings is 1. The van der Waals surface area contributed by atoms with E-state index >= 15 is 0 Å². The van der Waals surface area contributed by atoms with Gasteiger partial charge in [0.25, 0.3) is 0 Å². The van der Waals surface area contributed by atoms with Crippen LogP contribution in [-0.2, 0) is 9.59 Å². The van der Waals surface area contributed by atoms with Crippen LogP contribution in [0.3, 0.4) is 0 Å². The number of halogens is 1. The minimum Gasteiger partial charge on any atom is -0.479 e.